The van der Waals surface area contributed by atoms with Crippen LogP contribution in [-0.4, -0.2) is 27.3 Å². The van der Waals surface area contributed by atoms with E-state index < -0.39 is 14.1 Å². The minimum Gasteiger partial charge on any atom is -0.381 e. The zero-order valence-corrected chi connectivity index (χ0v) is 12.3. The summed E-state index contributed by atoms with van der Waals surface area (Å²) >= 11 is 38.0. The first kappa shape index (κ1) is 12.5. The van der Waals surface area contributed by atoms with E-state index in [-0.39, 0.29) is 21.9 Å². The highest BCUT2D eigenvalue weighted by molar-refractivity contribution is 6.65. The largest absolute Gasteiger partial charge is 0.381 e. The van der Waals surface area contributed by atoms with Crippen molar-refractivity contribution in [1.82, 2.24) is 0 Å². The van der Waals surface area contributed by atoms with Crippen molar-refractivity contribution in [1.29, 1.82) is 0 Å². The van der Waals surface area contributed by atoms with Gasteiger partial charge in [0.15, 0.2) is 4.33 Å². The molecule has 3 rings (SSSR count). The van der Waals surface area contributed by atoms with Gasteiger partial charge in [-0.2, -0.15) is 0 Å². The van der Waals surface area contributed by atoms with Gasteiger partial charge < -0.3 is 4.74 Å². The van der Waals surface area contributed by atoms with Crippen molar-refractivity contribution in [3.05, 3.63) is 10.1 Å². The van der Waals surface area contributed by atoms with Gasteiger partial charge >= 0.3 is 0 Å². The Bertz CT molecular complexity index is 373. The molecule has 7 heteroatoms. The van der Waals surface area contributed by atoms with Gasteiger partial charge in [-0.15, -0.1) is 23.2 Å². The summed E-state index contributed by atoms with van der Waals surface area (Å²) < 4.78 is 3.98. The van der Waals surface area contributed by atoms with Crippen molar-refractivity contribution in [2.75, 3.05) is 13.2 Å². The molecule has 0 radical (unpaired) electrons. The molecule has 0 aromatic heterocycles. The summed E-state index contributed by atoms with van der Waals surface area (Å²) in [6.07, 6.45) is 0. The highest BCUT2D eigenvalue weighted by Gasteiger charge is 2.83. The summed E-state index contributed by atoms with van der Waals surface area (Å²) in [7, 11) is 0. The summed E-state index contributed by atoms with van der Waals surface area (Å²) in [6, 6.07) is 0. The van der Waals surface area contributed by atoms with Crippen LogP contribution in [-0.2, 0) is 4.74 Å². The summed E-state index contributed by atoms with van der Waals surface area (Å²) in [5.41, 5.74) is 0. The van der Waals surface area contributed by atoms with Gasteiger partial charge in [0.25, 0.3) is 0 Å². The molecule has 2 bridgehead atoms. The van der Waals surface area contributed by atoms with Gasteiger partial charge in [-0.25, -0.2) is 0 Å². The second kappa shape index (κ2) is 3.30. The molecule has 4 atom stereocenters. The van der Waals surface area contributed by atoms with Crippen molar-refractivity contribution in [2.45, 2.75) is 14.1 Å². The lowest BCUT2D eigenvalue weighted by molar-refractivity contribution is 0.167. The lowest BCUT2D eigenvalue weighted by atomic mass is 9.85. The lowest BCUT2D eigenvalue weighted by Gasteiger charge is -2.33. The molecular weight excluding hydrogens is 337 g/mol. The Hall–Kier alpha value is 1.44. The van der Waals surface area contributed by atoms with E-state index in [4.69, 9.17) is 74.3 Å². The van der Waals surface area contributed by atoms with Crippen LogP contribution in [0.4, 0.5) is 0 Å². The number of alkyl halides is 4. The molecule has 90 valence electrons. The first-order valence-corrected chi connectivity index (χ1v) is 6.96. The van der Waals surface area contributed by atoms with Crippen LogP contribution >= 0.6 is 69.6 Å². The van der Waals surface area contributed by atoms with Crippen LogP contribution in [0.1, 0.15) is 0 Å². The number of hydrogen-bond donors (Lipinski definition) is 0. The lowest BCUT2D eigenvalue weighted by Crippen LogP contribution is -2.46. The third-order valence-electron chi connectivity index (χ3n) is 3.85. The number of ether oxygens (including phenoxy) is 1. The molecule has 0 aromatic rings. The molecule has 2 aliphatic carbocycles. The van der Waals surface area contributed by atoms with Crippen LogP contribution < -0.4 is 0 Å². The first-order valence-electron chi connectivity index (χ1n) is 4.69. The minimum absolute atomic E-state index is 0.100. The fourth-order valence-corrected chi connectivity index (χ4v) is 6.05. The normalized spacial score (nSPS) is 53.6. The van der Waals surface area contributed by atoms with Gasteiger partial charge in [0, 0.05) is 11.8 Å². The molecule has 3 aliphatic rings. The molecule has 1 saturated heterocycles. The maximum atomic E-state index is 6.52. The van der Waals surface area contributed by atoms with Crippen LogP contribution in [0.15, 0.2) is 10.1 Å². The van der Waals surface area contributed by atoms with Gasteiger partial charge in [-0.3, -0.25) is 0 Å². The zero-order chi connectivity index (χ0) is 11.9. The second-order valence-corrected chi connectivity index (χ2v) is 7.65. The molecule has 1 nitrogen and oxygen atoms in total. The van der Waals surface area contributed by atoms with Crippen molar-refractivity contribution in [3.8, 4) is 0 Å². The van der Waals surface area contributed by atoms with E-state index in [1.54, 1.807) is 0 Å². The molecule has 0 unspecified atom stereocenters. The monoisotopic (exact) mass is 340 g/mol. The quantitative estimate of drug-likeness (QED) is 0.602. The first-order chi connectivity index (χ1) is 7.29. The van der Waals surface area contributed by atoms with Gasteiger partial charge in [-0.05, 0) is 0 Å². The Morgan fingerprint density at radius 1 is 0.875 bits per heavy atom. The van der Waals surface area contributed by atoms with Gasteiger partial charge in [-0.1, -0.05) is 46.4 Å². The summed E-state index contributed by atoms with van der Waals surface area (Å²) in [4.78, 5) is -2.28. The predicted molar refractivity (Wildman–Crippen MR) is 68.1 cm³/mol. The van der Waals surface area contributed by atoms with Gasteiger partial charge in [0.2, 0.25) is 0 Å². The molecule has 2 fully saturated rings. The van der Waals surface area contributed by atoms with E-state index in [1.807, 2.05) is 0 Å². The number of allylic oxidation sites excluding steroid dienone is 2. The molecule has 1 saturated carbocycles. The van der Waals surface area contributed by atoms with Crippen molar-refractivity contribution in [2.24, 2.45) is 11.8 Å². The standard InChI is InChI=1S/C9H6Cl6O/c10-5-6(11)8(13)4-2-16-1-3(4)7(5,12)9(8,14)15/h3-4H,1-2H2/t3-,4-,7+,8+/m1/s1. The van der Waals surface area contributed by atoms with E-state index in [1.165, 1.54) is 0 Å². The molecule has 0 aromatic carbocycles. The van der Waals surface area contributed by atoms with Crippen LogP contribution in [0.2, 0.25) is 0 Å². The number of halogens is 6. The number of fused-ring (bicyclic) bond motifs is 5. The molecule has 1 aliphatic heterocycles. The fourth-order valence-electron chi connectivity index (χ4n) is 2.99. The zero-order valence-electron chi connectivity index (χ0n) is 7.74. The SMILES string of the molecule is ClC1=C(Cl)[C@@]2(Cl)[C@@H]3COC[C@H]3[C@@]1(Cl)C2(Cl)Cl. The Kier molecular flexibility index (Phi) is 2.58. The minimum atomic E-state index is -1.41. The Morgan fingerprint density at radius 2 is 1.25 bits per heavy atom. The fraction of sp³-hybridized carbons (Fsp3) is 0.778. The molecule has 0 amide bonds. The summed E-state index contributed by atoms with van der Waals surface area (Å²) in [5.74, 6) is -0.201. The predicted octanol–water partition coefficient (Wildman–Crippen LogP) is 4.09. The van der Waals surface area contributed by atoms with Crippen LogP contribution in [0.5, 0.6) is 0 Å². The maximum Gasteiger partial charge on any atom is 0.167 e. The third kappa shape index (κ3) is 0.976. The maximum absolute atomic E-state index is 6.52. The smallest absolute Gasteiger partial charge is 0.167 e. The Balaban J connectivity index is 2.29. The average molecular weight is 343 g/mol. The van der Waals surface area contributed by atoms with Crippen molar-refractivity contribution in [3.63, 3.8) is 0 Å². The van der Waals surface area contributed by atoms with Crippen LogP contribution in [0, 0.1) is 11.8 Å². The molecule has 16 heavy (non-hydrogen) atoms. The summed E-state index contributed by atoms with van der Waals surface area (Å²) in [5, 5.41) is 0.505. The van der Waals surface area contributed by atoms with Crippen LogP contribution in [0.3, 0.4) is 0 Å². The van der Waals surface area contributed by atoms with E-state index in [2.05, 4.69) is 0 Å². The molecule has 1 heterocycles. The Labute approximate surface area is 123 Å². The Morgan fingerprint density at radius 3 is 1.62 bits per heavy atom. The van der Waals surface area contributed by atoms with Crippen LogP contribution in [0.25, 0.3) is 0 Å². The molecule has 0 N–H and O–H groups in total. The van der Waals surface area contributed by atoms with Crippen molar-refractivity contribution >= 4 is 69.6 Å². The topological polar surface area (TPSA) is 9.23 Å². The van der Waals surface area contributed by atoms with Gasteiger partial charge in [0.05, 0.1) is 23.3 Å². The van der Waals surface area contributed by atoms with E-state index in [0.29, 0.717) is 13.2 Å². The van der Waals surface area contributed by atoms with E-state index in [0.717, 1.165) is 0 Å². The highest BCUT2D eigenvalue weighted by atomic mass is 35.5. The van der Waals surface area contributed by atoms with Gasteiger partial charge in [0.1, 0.15) is 9.75 Å². The van der Waals surface area contributed by atoms with Crippen molar-refractivity contribution < 1.29 is 4.74 Å². The molecular formula is C9H6Cl6O. The molecule has 0 spiro atoms. The summed E-state index contributed by atoms with van der Waals surface area (Å²) in [6.45, 7) is 0.897. The van der Waals surface area contributed by atoms with E-state index >= 15 is 0 Å². The average Bonchev–Trinajstić information content (AvgIpc) is 2.78. The number of rotatable bonds is 0. The third-order valence-corrected chi connectivity index (χ3v) is 8.20. The number of hydrogen-bond acceptors (Lipinski definition) is 1. The highest BCUT2D eigenvalue weighted by Crippen LogP contribution is 2.77. The second-order valence-electron chi connectivity index (χ2n) is 4.38. The van der Waals surface area contributed by atoms with E-state index in [9.17, 15) is 0 Å².